The molecule has 3 nitrogen and oxygen atoms in total. The van der Waals surface area contributed by atoms with Gasteiger partial charge in [0.15, 0.2) is 0 Å². The Morgan fingerprint density at radius 1 is 1.44 bits per heavy atom. The highest BCUT2D eigenvalue weighted by atomic mass is 127. The first-order valence-corrected chi connectivity index (χ1v) is 5.96. The molecule has 0 aliphatic rings. The average molecular weight is 348 g/mol. The minimum atomic E-state index is -3.55. The van der Waals surface area contributed by atoms with E-state index in [-0.39, 0.29) is 6.61 Å². The number of hydrogen-bond donors (Lipinski definition) is 1. The Morgan fingerprint density at radius 3 is 2.56 bits per heavy atom. The number of esters is 1. The summed E-state index contributed by atoms with van der Waals surface area (Å²) in [6.07, 6.45) is 3.26. The lowest BCUT2D eigenvalue weighted by Gasteiger charge is -2.09. The number of ether oxygens (including phenoxy) is 1. The number of hydrogen-bond acceptors (Lipinski definition) is 3. The van der Waals surface area contributed by atoms with Crippen LogP contribution in [0.4, 0.5) is 8.78 Å². The highest BCUT2D eigenvalue weighted by molar-refractivity contribution is 14.1. The van der Waals surface area contributed by atoms with Crippen LogP contribution in [0.25, 0.3) is 0 Å². The zero-order valence-corrected chi connectivity index (χ0v) is 11.2. The highest BCUT2D eigenvalue weighted by Gasteiger charge is 2.37. The Hall–Kier alpha value is -0.240. The summed E-state index contributed by atoms with van der Waals surface area (Å²) in [5.74, 6) is -5.10. The second kappa shape index (κ2) is 7.94. The minimum Gasteiger partial charge on any atom is -0.464 e. The van der Waals surface area contributed by atoms with Crippen molar-refractivity contribution in [3.63, 3.8) is 0 Å². The third-order valence-corrected chi connectivity index (χ3v) is 2.72. The van der Waals surface area contributed by atoms with Crippen LogP contribution in [0.3, 0.4) is 0 Å². The Bertz CT molecular complexity index is 254. The average Bonchev–Trinajstić information content (AvgIpc) is 2.22. The van der Waals surface area contributed by atoms with Crippen LogP contribution in [0, 0.1) is 0 Å². The smallest absolute Gasteiger partial charge is 0.381 e. The maximum absolute atomic E-state index is 13.0. The first-order chi connectivity index (χ1) is 7.44. The standard InChI is InChI=1S/C10H15F2IO3/c1-16-9(15)10(11,12)7-8(13)5-3-2-4-6-14/h7,14H,2-6H2,1H3. The molecule has 0 fully saturated rings. The van der Waals surface area contributed by atoms with E-state index in [4.69, 9.17) is 5.11 Å². The summed E-state index contributed by atoms with van der Waals surface area (Å²) in [4.78, 5) is 10.7. The van der Waals surface area contributed by atoms with Gasteiger partial charge in [0, 0.05) is 12.7 Å². The van der Waals surface area contributed by atoms with E-state index in [0.717, 1.165) is 13.5 Å². The lowest BCUT2D eigenvalue weighted by molar-refractivity contribution is -0.161. The number of aliphatic hydroxyl groups is 1. The Balaban J connectivity index is 4.14. The van der Waals surface area contributed by atoms with E-state index in [1.807, 2.05) is 0 Å². The van der Waals surface area contributed by atoms with Crippen LogP contribution in [0.1, 0.15) is 25.7 Å². The summed E-state index contributed by atoms with van der Waals surface area (Å²) in [6.45, 7) is 0.110. The van der Waals surface area contributed by atoms with Crippen LogP contribution in [-0.4, -0.2) is 30.7 Å². The fourth-order valence-corrected chi connectivity index (χ4v) is 1.82. The van der Waals surface area contributed by atoms with E-state index in [9.17, 15) is 13.6 Å². The number of allylic oxidation sites excluding steroid dienone is 1. The molecule has 0 radical (unpaired) electrons. The number of halogens is 3. The summed E-state index contributed by atoms with van der Waals surface area (Å²) < 4.78 is 30.5. The van der Waals surface area contributed by atoms with Crippen molar-refractivity contribution in [1.82, 2.24) is 0 Å². The molecule has 1 N–H and O–H groups in total. The fraction of sp³-hybridized carbons (Fsp3) is 0.700. The highest BCUT2D eigenvalue weighted by Crippen LogP contribution is 2.25. The lowest BCUT2D eigenvalue weighted by atomic mass is 10.2. The van der Waals surface area contributed by atoms with Gasteiger partial charge in [-0.25, -0.2) is 4.79 Å². The van der Waals surface area contributed by atoms with Gasteiger partial charge in [0.1, 0.15) is 0 Å². The third-order valence-electron chi connectivity index (χ3n) is 1.87. The van der Waals surface area contributed by atoms with E-state index in [0.29, 0.717) is 28.9 Å². The summed E-state index contributed by atoms with van der Waals surface area (Å²) >= 11 is 1.78. The number of rotatable bonds is 7. The molecule has 0 bridgehead atoms. The van der Waals surface area contributed by atoms with E-state index < -0.39 is 11.9 Å². The molecule has 0 aromatic carbocycles. The Kier molecular flexibility index (Phi) is 7.82. The second-order valence-electron chi connectivity index (χ2n) is 3.24. The molecule has 0 aromatic rings. The van der Waals surface area contributed by atoms with Gasteiger partial charge in [-0.05, 0) is 45.4 Å². The van der Waals surface area contributed by atoms with Crippen LogP contribution in [0.15, 0.2) is 9.66 Å². The van der Waals surface area contributed by atoms with Crippen molar-refractivity contribution < 1.29 is 23.4 Å². The number of unbranched alkanes of at least 4 members (excludes halogenated alkanes) is 2. The largest absolute Gasteiger partial charge is 0.464 e. The van der Waals surface area contributed by atoms with Gasteiger partial charge < -0.3 is 9.84 Å². The van der Waals surface area contributed by atoms with Crippen LogP contribution < -0.4 is 0 Å². The van der Waals surface area contributed by atoms with Gasteiger partial charge in [0.2, 0.25) is 0 Å². The Labute approximate surface area is 107 Å². The summed E-state index contributed by atoms with van der Waals surface area (Å²) in [7, 11) is 0.929. The van der Waals surface area contributed by atoms with Crippen LogP contribution in [0.5, 0.6) is 0 Å². The number of carbonyl (C=O) groups is 1. The number of carbonyl (C=O) groups excluding carboxylic acids is 1. The van der Waals surface area contributed by atoms with Gasteiger partial charge in [0.05, 0.1) is 7.11 Å². The van der Waals surface area contributed by atoms with Crippen molar-refractivity contribution in [1.29, 1.82) is 0 Å². The SMILES string of the molecule is COC(=O)C(F)(F)C=C(I)CCCCCO. The second-order valence-corrected chi connectivity index (χ2v) is 4.63. The van der Waals surface area contributed by atoms with Crippen molar-refractivity contribution in [3.05, 3.63) is 9.66 Å². The molecule has 0 amide bonds. The number of aliphatic hydroxyl groups excluding tert-OH is 1. The van der Waals surface area contributed by atoms with Crippen molar-refractivity contribution in [2.45, 2.75) is 31.6 Å². The van der Waals surface area contributed by atoms with Crippen molar-refractivity contribution >= 4 is 28.6 Å². The van der Waals surface area contributed by atoms with E-state index in [1.54, 1.807) is 22.6 Å². The minimum absolute atomic E-state index is 0.110. The monoisotopic (exact) mass is 348 g/mol. The quantitative estimate of drug-likeness (QED) is 0.437. The molecule has 94 valence electrons. The van der Waals surface area contributed by atoms with Crippen molar-refractivity contribution in [2.75, 3.05) is 13.7 Å². The fourth-order valence-electron chi connectivity index (χ4n) is 1.05. The zero-order chi connectivity index (χ0) is 12.6. The first-order valence-electron chi connectivity index (χ1n) is 4.88. The number of alkyl halides is 2. The van der Waals surface area contributed by atoms with E-state index in [2.05, 4.69) is 4.74 Å². The summed E-state index contributed by atoms with van der Waals surface area (Å²) in [6, 6.07) is 0. The van der Waals surface area contributed by atoms with Crippen LogP contribution >= 0.6 is 22.6 Å². The van der Waals surface area contributed by atoms with Gasteiger partial charge in [-0.3, -0.25) is 0 Å². The predicted molar refractivity (Wildman–Crippen MR) is 64.6 cm³/mol. The van der Waals surface area contributed by atoms with Crippen molar-refractivity contribution in [3.8, 4) is 0 Å². The Morgan fingerprint density at radius 2 is 2.06 bits per heavy atom. The molecule has 0 saturated carbocycles. The molecule has 0 saturated heterocycles. The van der Waals surface area contributed by atoms with Gasteiger partial charge in [-0.1, -0.05) is 6.42 Å². The maximum Gasteiger partial charge on any atom is 0.381 e. The molecule has 0 heterocycles. The van der Waals surface area contributed by atoms with Gasteiger partial charge in [0.25, 0.3) is 0 Å². The van der Waals surface area contributed by atoms with Crippen LogP contribution in [-0.2, 0) is 9.53 Å². The predicted octanol–water partition coefficient (Wildman–Crippen LogP) is 2.67. The molecular weight excluding hydrogens is 333 g/mol. The van der Waals surface area contributed by atoms with Gasteiger partial charge >= 0.3 is 11.9 Å². The molecule has 0 spiro atoms. The maximum atomic E-state index is 13.0. The van der Waals surface area contributed by atoms with Gasteiger partial charge in [-0.2, -0.15) is 8.78 Å². The molecular formula is C10H15F2IO3. The molecule has 0 aliphatic heterocycles. The van der Waals surface area contributed by atoms with E-state index in [1.165, 1.54) is 0 Å². The molecule has 6 heteroatoms. The summed E-state index contributed by atoms with van der Waals surface area (Å²) in [5, 5.41) is 8.52. The van der Waals surface area contributed by atoms with Crippen molar-refractivity contribution in [2.24, 2.45) is 0 Å². The molecule has 16 heavy (non-hydrogen) atoms. The lowest BCUT2D eigenvalue weighted by Crippen LogP contribution is -2.27. The molecule has 0 atom stereocenters. The molecule has 0 rings (SSSR count). The zero-order valence-electron chi connectivity index (χ0n) is 9.01. The van der Waals surface area contributed by atoms with Gasteiger partial charge in [-0.15, -0.1) is 0 Å². The van der Waals surface area contributed by atoms with E-state index >= 15 is 0 Å². The molecule has 0 aliphatic carbocycles. The summed E-state index contributed by atoms with van der Waals surface area (Å²) in [5.41, 5.74) is 0. The third kappa shape index (κ3) is 6.37. The molecule has 0 unspecified atom stereocenters. The molecule has 0 aromatic heterocycles. The number of methoxy groups -OCH3 is 1. The normalized spacial score (nSPS) is 12.7. The first kappa shape index (κ1) is 15.8. The van der Waals surface area contributed by atoms with Crippen LogP contribution in [0.2, 0.25) is 0 Å². The topological polar surface area (TPSA) is 46.5 Å².